The van der Waals surface area contributed by atoms with Gasteiger partial charge in [0.2, 0.25) is 0 Å². The lowest BCUT2D eigenvalue weighted by Crippen LogP contribution is -2.15. The van der Waals surface area contributed by atoms with Crippen molar-refractivity contribution in [1.82, 2.24) is 0 Å². The molecule has 1 aliphatic rings. The highest BCUT2D eigenvalue weighted by Crippen LogP contribution is 2.36. The largest absolute Gasteiger partial charge is 0.587 e. The molecule has 0 aromatic carbocycles. The zero-order valence-electron chi connectivity index (χ0n) is 3.83. The van der Waals surface area contributed by atoms with Crippen LogP contribution in [0, 0.1) is 0 Å². The first-order valence-corrected chi connectivity index (χ1v) is 2.58. The Kier molecular flexibility index (Phi) is 1.44. The fourth-order valence-corrected chi connectivity index (χ4v) is 0.567. The van der Waals surface area contributed by atoms with Crippen LogP contribution in [0.2, 0.25) is 0 Å². The highest BCUT2D eigenvalue weighted by atomic mass is 35.5. The molecular formula is C3Cl2F2O2. The average Bonchev–Trinajstić information content (AvgIpc) is 1.79. The van der Waals surface area contributed by atoms with E-state index in [1.807, 2.05) is 0 Å². The van der Waals surface area contributed by atoms with Crippen LogP contribution in [0.4, 0.5) is 8.78 Å². The lowest BCUT2D eigenvalue weighted by molar-refractivity contribution is -0.332. The first kappa shape index (κ1) is 6.89. The molecule has 1 rings (SSSR count). The van der Waals surface area contributed by atoms with E-state index in [1.54, 1.807) is 0 Å². The maximum atomic E-state index is 11.8. The zero-order valence-corrected chi connectivity index (χ0v) is 5.34. The zero-order chi connectivity index (χ0) is 7.07. The number of alkyl halides is 2. The molecule has 52 valence electrons. The molecule has 0 amide bonds. The summed E-state index contributed by atoms with van der Waals surface area (Å²) in [7, 11) is 0. The SMILES string of the molecule is FC1(F)OC(Cl)=C(Cl)O1. The van der Waals surface area contributed by atoms with Crippen LogP contribution in [-0.4, -0.2) is 6.29 Å². The van der Waals surface area contributed by atoms with Crippen molar-refractivity contribution in [3.8, 4) is 0 Å². The Morgan fingerprint density at radius 1 is 1.11 bits per heavy atom. The summed E-state index contributed by atoms with van der Waals surface area (Å²) in [6.07, 6.45) is -3.70. The van der Waals surface area contributed by atoms with Crippen molar-refractivity contribution in [2.45, 2.75) is 6.29 Å². The molecule has 0 fully saturated rings. The molecule has 9 heavy (non-hydrogen) atoms. The van der Waals surface area contributed by atoms with E-state index in [2.05, 4.69) is 9.47 Å². The second-order valence-electron chi connectivity index (χ2n) is 1.21. The third kappa shape index (κ3) is 1.37. The Hall–Kier alpha value is -0.220. The molecule has 2 nitrogen and oxygen atoms in total. The molecule has 0 radical (unpaired) electrons. The number of rotatable bonds is 0. The minimum absolute atomic E-state index is 0.623. The summed E-state index contributed by atoms with van der Waals surface area (Å²) in [4.78, 5) is 0. The summed E-state index contributed by atoms with van der Waals surface area (Å²) in [6.45, 7) is 0. The fourth-order valence-electron chi connectivity index (χ4n) is 0.310. The van der Waals surface area contributed by atoms with Crippen LogP contribution in [0.3, 0.4) is 0 Å². The molecule has 0 bridgehead atoms. The van der Waals surface area contributed by atoms with Gasteiger partial charge in [-0.15, -0.1) is 8.78 Å². The number of ether oxygens (including phenoxy) is 2. The molecule has 0 aliphatic carbocycles. The van der Waals surface area contributed by atoms with Crippen LogP contribution in [0.1, 0.15) is 0 Å². The highest BCUT2D eigenvalue weighted by Gasteiger charge is 2.44. The summed E-state index contributed by atoms with van der Waals surface area (Å²) >= 11 is 9.94. The maximum Gasteiger partial charge on any atom is 0.587 e. The van der Waals surface area contributed by atoms with Crippen LogP contribution in [0.5, 0.6) is 0 Å². The van der Waals surface area contributed by atoms with Crippen molar-refractivity contribution in [3.05, 3.63) is 10.4 Å². The van der Waals surface area contributed by atoms with Gasteiger partial charge in [0.25, 0.3) is 10.4 Å². The number of hydrogen-bond acceptors (Lipinski definition) is 2. The van der Waals surface area contributed by atoms with E-state index in [1.165, 1.54) is 0 Å². The Balaban J connectivity index is 2.70. The number of hydrogen-bond donors (Lipinski definition) is 0. The standard InChI is InChI=1S/C3Cl2F2O2/c4-1-2(5)9-3(6,7)8-1. The summed E-state index contributed by atoms with van der Waals surface area (Å²) < 4.78 is 30.8. The molecule has 0 saturated carbocycles. The van der Waals surface area contributed by atoms with Crippen molar-refractivity contribution in [3.63, 3.8) is 0 Å². The molecule has 0 N–H and O–H groups in total. The summed E-state index contributed by atoms with van der Waals surface area (Å²) in [5.41, 5.74) is 0. The third-order valence-corrected chi connectivity index (χ3v) is 1.17. The van der Waals surface area contributed by atoms with Gasteiger partial charge in [0, 0.05) is 0 Å². The van der Waals surface area contributed by atoms with Gasteiger partial charge in [0.15, 0.2) is 0 Å². The Bertz CT molecular complexity index is 151. The van der Waals surface area contributed by atoms with E-state index in [0.717, 1.165) is 0 Å². The van der Waals surface area contributed by atoms with Gasteiger partial charge < -0.3 is 9.47 Å². The van der Waals surface area contributed by atoms with E-state index >= 15 is 0 Å². The first-order valence-electron chi connectivity index (χ1n) is 1.82. The molecule has 0 unspecified atom stereocenters. The summed E-state index contributed by atoms with van der Waals surface area (Å²) in [6, 6.07) is 0. The van der Waals surface area contributed by atoms with Crippen LogP contribution < -0.4 is 0 Å². The lowest BCUT2D eigenvalue weighted by Gasteiger charge is -2.04. The second-order valence-corrected chi connectivity index (χ2v) is 1.90. The van der Waals surface area contributed by atoms with Crippen LogP contribution in [0.25, 0.3) is 0 Å². The molecular weight excluding hydrogens is 177 g/mol. The van der Waals surface area contributed by atoms with Crippen molar-refractivity contribution in [1.29, 1.82) is 0 Å². The van der Waals surface area contributed by atoms with E-state index in [-0.39, 0.29) is 0 Å². The van der Waals surface area contributed by atoms with Crippen LogP contribution in [0.15, 0.2) is 10.4 Å². The summed E-state index contributed by atoms with van der Waals surface area (Å²) in [5.74, 6) is 0. The predicted octanol–water partition coefficient (Wildman–Crippen LogP) is 2.19. The van der Waals surface area contributed by atoms with Crippen molar-refractivity contribution >= 4 is 23.2 Å². The van der Waals surface area contributed by atoms with E-state index in [0.29, 0.717) is 0 Å². The van der Waals surface area contributed by atoms with Gasteiger partial charge in [-0.05, 0) is 23.2 Å². The minimum Gasteiger partial charge on any atom is -0.383 e. The van der Waals surface area contributed by atoms with E-state index in [4.69, 9.17) is 23.2 Å². The fraction of sp³-hybridized carbons (Fsp3) is 0.333. The van der Waals surface area contributed by atoms with Gasteiger partial charge >= 0.3 is 6.29 Å². The van der Waals surface area contributed by atoms with Crippen LogP contribution in [-0.2, 0) is 9.47 Å². The molecule has 0 atom stereocenters. The highest BCUT2D eigenvalue weighted by molar-refractivity contribution is 6.37. The van der Waals surface area contributed by atoms with Crippen molar-refractivity contribution in [2.75, 3.05) is 0 Å². The van der Waals surface area contributed by atoms with Gasteiger partial charge in [-0.2, -0.15) is 0 Å². The Labute approximate surface area is 58.9 Å². The smallest absolute Gasteiger partial charge is 0.383 e. The van der Waals surface area contributed by atoms with Gasteiger partial charge in [0.1, 0.15) is 0 Å². The monoisotopic (exact) mass is 176 g/mol. The minimum atomic E-state index is -3.70. The van der Waals surface area contributed by atoms with E-state index in [9.17, 15) is 8.78 Å². The molecule has 1 aliphatic heterocycles. The topological polar surface area (TPSA) is 18.5 Å². The normalized spacial score (nSPS) is 23.6. The lowest BCUT2D eigenvalue weighted by atomic mass is 11.1. The molecule has 0 aromatic rings. The van der Waals surface area contributed by atoms with Gasteiger partial charge in [0.05, 0.1) is 0 Å². The van der Waals surface area contributed by atoms with Crippen molar-refractivity contribution in [2.24, 2.45) is 0 Å². The molecule has 0 aromatic heterocycles. The molecule has 0 spiro atoms. The number of halogens is 4. The van der Waals surface area contributed by atoms with Gasteiger partial charge in [-0.3, -0.25) is 0 Å². The molecule has 6 heteroatoms. The van der Waals surface area contributed by atoms with Crippen LogP contribution >= 0.6 is 23.2 Å². The van der Waals surface area contributed by atoms with Gasteiger partial charge in [-0.1, -0.05) is 0 Å². The Morgan fingerprint density at radius 2 is 1.44 bits per heavy atom. The maximum absolute atomic E-state index is 11.8. The van der Waals surface area contributed by atoms with E-state index < -0.39 is 16.7 Å². The molecule has 1 heterocycles. The summed E-state index contributed by atoms with van der Waals surface area (Å²) in [5, 5.41) is -1.25. The predicted molar refractivity (Wildman–Crippen MR) is 25.8 cm³/mol. The quantitative estimate of drug-likeness (QED) is 0.564. The molecule has 0 saturated heterocycles. The van der Waals surface area contributed by atoms with Gasteiger partial charge in [-0.25, -0.2) is 0 Å². The second kappa shape index (κ2) is 1.88. The third-order valence-electron chi connectivity index (χ3n) is 0.571. The Morgan fingerprint density at radius 3 is 1.56 bits per heavy atom. The average molecular weight is 177 g/mol. The van der Waals surface area contributed by atoms with Crippen molar-refractivity contribution < 1.29 is 18.3 Å². The first-order chi connectivity index (χ1) is 4.01.